The van der Waals surface area contributed by atoms with Crippen LogP contribution in [0.15, 0.2) is 24.5 Å². The Labute approximate surface area is 216 Å². The Balaban J connectivity index is 1.57. The number of aromatic nitrogens is 4. The van der Waals surface area contributed by atoms with Gasteiger partial charge in [0.05, 0.1) is 12.9 Å². The third kappa shape index (κ3) is 5.55. The van der Waals surface area contributed by atoms with Gasteiger partial charge in [0.25, 0.3) is 0 Å². The molecule has 0 bridgehead atoms. The molecule has 0 spiro atoms. The minimum absolute atomic E-state index is 0.0291. The van der Waals surface area contributed by atoms with Gasteiger partial charge in [-0.2, -0.15) is 0 Å². The fourth-order valence-electron chi connectivity index (χ4n) is 4.07. The molecule has 3 heterocycles. The van der Waals surface area contributed by atoms with Crippen molar-refractivity contribution in [2.24, 2.45) is 0 Å². The molecular weight excluding hydrogens is 474 g/mol. The molecule has 1 aliphatic heterocycles. The van der Waals surface area contributed by atoms with Crippen molar-refractivity contribution >= 4 is 17.0 Å². The topological polar surface area (TPSA) is 149 Å². The summed E-state index contributed by atoms with van der Waals surface area (Å²) < 4.78 is 13.0. The van der Waals surface area contributed by atoms with Crippen LogP contribution in [0, 0.1) is 11.8 Å². The number of nitrogen functional groups attached to an aromatic ring is 1. The average Bonchev–Trinajstić information content (AvgIpc) is 3.36. The fourth-order valence-corrected chi connectivity index (χ4v) is 4.07. The molecule has 1 aliphatic rings. The first kappa shape index (κ1) is 26.8. The summed E-state index contributed by atoms with van der Waals surface area (Å²) in [5.41, 5.74) is 8.99. The maximum atomic E-state index is 10.4. The summed E-state index contributed by atoms with van der Waals surface area (Å²) in [6.45, 7) is 12.7. The second-order valence-electron chi connectivity index (χ2n) is 11.3. The third-order valence-corrected chi connectivity index (χ3v) is 6.39. The van der Waals surface area contributed by atoms with Crippen LogP contribution in [0.5, 0.6) is 5.75 Å². The van der Waals surface area contributed by atoms with Crippen LogP contribution in [-0.4, -0.2) is 66.4 Å². The third-order valence-electron chi connectivity index (χ3n) is 6.39. The van der Waals surface area contributed by atoms with E-state index in [1.54, 1.807) is 0 Å². The molecule has 0 saturated carbocycles. The molecule has 37 heavy (non-hydrogen) atoms. The van der Waals surface area contributed by atoms with E-state index in [2.05, 4.69) is 74.4 Å². The van der Waals surface area contributed by atoms with Crippen molar-refractivity contribution in [3.8, 4) is 17.6 Å². The Kier molecular flexibility index (Phi) is 7.18. The summed E-state index contributed by atoms with van der Waals surface area (Å²) in [6.07, 6.45) is -3.06. The normalized spacial score (nSPS) is 22.2. The fraction of sp³-hybridized carbons (Fsp3) is 0.519. The summed E-state index contributed by atoms with van der Waals surface area (Å²) in [5, 5.41) is 29.9. The van der Waals surface area contributed by atoms with E-state index in [9.17, 15) is 15.3 Å². The van der Waals surface area contributed by atoms with E-state index in [-0.39, 0.29) is 29.1 Å². The lowest BCUT2D eigenvalue weighted by Gasteiger charge is -2.26. The molecular formula is C27H35N5O5. The van der Waals surface area contributed by atoms with E-state index in [1.165, 1.54) is 22.0 Å². The maximum Gasteiger partial charge on any atom is 0.209 e. The number of fused-ring (bicyclic) bond motifs is 1. The first-order valence-corrected chi connectivity index (χ1v) is 12.2. The lowest BCUT2D eigenvalue weighted by molar-refractivity contribution is -0.0511. The van der Waals surface area contributed by atoms with Crippen LogP contribution in [0.25, 0.3) is 11.2 Å². The van der Waals surface area contributed by atoms with Crippen molar-refractivity contribution in [2.75, 3.05) is 18.9 Å². The van der Waals surface area contributed by atoms with Gasteiger partial charge in [0.2, 0.25) is 5.82 Å². The zero-order valence-corrected chi connectivity index (χ0v) is 22.1. The Morgan fingerprint density at radius 3 is 2.24 bits per heavy atom. The molecule has 3 aromatic rings. The minimum atomic E-state index is -1.28. The smallest absolute Gasteiger partial charge is 0.209 e. The molecule has 2 aromatic heterocycles. The van der Waals surface area contributed by atoms with Crippen LogP contribution >= 0.6 is 0 Å². The van der Waals surface area contributed by atoms with Gasteiger partial charge in [-0.25, -0.2) is 15.0 Å². The van der Waals surface area contributed by atoms with Crippen molar-refractivity contribution in [2.45, 2.75) is 76.9 Å². The highest BCUT2D eigenvalue weighted by Gasteiger charge is 2.44. The van der Waals surface area contributed by atoms with Gasteiger partial charge in [-0.05, 0) is 40.0 Å². The number of nitrogens with two attached hydrogens (primary N) is 1. The van der Waals surface area contributed by atoms with Crippen LogP contribution in [0.2, 0.25) is 0 Å². The van der Waals surface area contributed by atoms with Gasteiger partial charge < -0.3 is 30.5 Å². The first-order valence-electron chi connectivity index (χ1n) is 12.2. The summed E-state index contributed by atoms with van der Waals surface area (Å²) in [6, 6.07) is 6.30. The summed E-state index contributed by atoms with van der Waals surface area (Å²) in [7, 11) is 0. The number of ether oxygens (including phenoxy) is 2. The first-order chi connectivity index (χ1) is 17.3. The number of hydrogen-bond acceptors (Lipinski definition) is 9. The van der Waals surface area contributed by atoms with Gasteiger partial charge in [-0.1, -0.05) is 53.5 Å². The standard InChI is InChI=1S/C27H35N5O5/c1-26(2,3)15-10-16(27(4,5)6)12-17(11-15)36-9-7-8-19-30-23(28)20-24(31-19)32(14-29-20)25-22(35)21(34)18(13-33)37-25/h10-12,14,18,21-22,25,33-35H,9,13H2,1-6H3,(H2,28,30,31). The van der Waals surface area contributed by atoms with Crippen LogP contribution in [0.4, 0.5) is 5.82 Å². The number of rotatable bonds is 4. The van der Waals surface area contributed by atoms with Gasteiger partial charge in [0.15, 0.2) is 17.7 Å². The Morgan fingerprint density at radius 2 is 1.68 bits per heavy atom. The van der Waals surface area contributed by atoms with Crippen molar-refractivity contribution in [3.05, 3.63) is 41.5 Å². The molecule has 4 unspecified atom stereocenters. The Morgan fingerprint density at radius 1 is 1.03 bits per heavy atom. The number of aliphatic hydroxyl groups is 3. The van der Waals surface area contributed by atoms with E-state index in [0.29, 0.717) is 11.2 Å². The van der Waals surface area contributed by atoms with E-state index < -0.39 is 31.1 Å². The monoisotopic (exact) mass is 509 g/mol. The lowest BCUT2D eigenvalue weighted by Crippen LogP contribution is -2.33. The van der Waals surface area contributed by atoms with Crippen LogP contribution in [0.1, 0.15) is 64.7 Å². The summed E-state index contributed by atoms with van der Waals surface area (Å²) in [4.78, 5) is 12.9. The molecule has 4 atom stereocenters. The number of hydrogen-bond donors (Lipinski definition) is 4. The second kappa shape index (κ2) is 9.91. The predicted octanol–water partition coefficient (Wildman–Crippen LogP) is 2.05. The van der Waals surface area contributed by atoms with Crippen molar-refractivity contribution in [1.82, 2.24) is 19.5 Å². The predicted molar refractivity (Wildman–Crippen MR) is 139 cm³/mol. The summed E-state index contributed by atoms with van der Waals surface area (Å²) in [5.74, 6) is 6.82. The Hall–Kier alpha value is -3.23. The molecule has 10 heteroatoms. The minimum Gasteiger partial charge on any atom is -0.481 e. The van der Waals surface area contributed by atoms with Gasteiger partial charge >= 0.3 is 0 Å². The molecule has 0 aliphatic carbocycles. The molecule has 198 valence electrons. The number of anilines is 1. The SMILES string of the molecule is CC(C)(C)c1cc(OCC#Cc2nc(N)c3ncn(C4OC(CO)C(O)C4O)c3n2)cc(C(C)(C)C)c1. The van der Waals surface area contributed by atoms with Gasteiger partial charge in [-0.15, -0.1) is 0 Å². The number of benzene rings is 1. The molecule has 1 aromatic carbocycles. The van der Waals surface area contributed by atoms with Gasteiger partial charge in [0, 0.05) is 0 Å². The Bertz CT molecular complexity index is 1310. The van der Waals surface area contributed by atoms with E-state index in [0.717, 1.165) is 5.75 Å². The molecule has 5 N–H and O–H groups in total. The van der Waals surface area contributed by atoms with Gasteiger partial charge in [0.1, 0.15) is 36.2 Å². The molecule has 4 rings (SSSR count). The summed E-state index contributed by atoms with van der Waals surface area (Å²) >= 11 is 0. The molecule has 1 saturated heterocycles. The average molecular weight is 510 g/mol. The number of aliphatic hydroxyl groups excluding tert-OH is 3. The molecule has 0 radical (unpaired) electrons. The largest absolute Gasteiger partial charge is 0.481 e. The van der Waals surface area contributed by atoms with Crippen LogP contribution in [0.3, 0.4) is 0 Å². The van der Waals surface area contributed by atoms with E-state index >= 15 is 0 Å². The van der Waals surface area contributed by atoms with E-state index in [1.807, 2.05) is 12.1 Å². The highest BCUT2D eigenvalue weighted by molar-refractivity contribution is 5.82. The van der Waals surface area contributed by atoms with Crippen molar-refractivity contribution in [3.63, 3.8) is 0 Å². The van der Waals surface area contributed by atoms with Crippen LogP contribution in [-0.2, 0) is 15.6 Å². The van der Waals surface area contributed by atoms with Gasteiger partial charge in [-0.3, -0.25) is 4.57 Å². The number of nitrogens with zero attached hydrogens (tertiary/aromatic N) is 4. The zero-order chi connectivity index (χ0) is 27.1. The second-order valence-corrected chi connectivity index (χ2v) is 11.3. The molecule has 0 amide bonds. The maximum absolute atomic E-state index is 10.4. The number of imidazole rings is 1. The quantitative estimate of drug-likeness (QED) is 0.388. The highest BCUT2D eigenvalue weighted by atomic mass is 16.6. The van der Waals surface area contributed by atoms with Crippen LogP contribution < -0.4 is 10.5 Å². The highest BCUT2D eigenvalue weighted by Crippen LogP contribution is 2.33. The lowest BCUT2D eigenvalue weighted by atomic mass is 9.80. The molecule has 1 fully saturated rings. The van der Waals surface area contributed by atoms with Crippen molar-refractivity contribution in [1.29, 1.82) is 0 Å². The van der Waals surface area contributed by atoms with Crippen molar-refractivity contribution < 1.29 is 24.8 Å². The zero-order valence-electron chi connectivity index (χ0n) is 22.1. The molecule has 10 nitrogen and oxygen atoms in total. The van der Waals surface area contributed by atoms with E-state index in [4.69, 9.17) is 15.2 Å².